The minimum absolute atomic E-state index is 0.0191. The zero-order valence-corrected chi connectivity index (χ0v) is 18.3. The first-order chi connectivity index (χ1) is 15.0. The standard InChI is InChI=1S/C25H24N2O3S/c1-17(2)19-10-12-20(13-11-19)27-23(28)15-21(24(27)29)26(16-18-7-4-3-5-8-18)25(30)22-9-6-14-31-22/h3-14,17,21H,15-16H2,1-2H3. The van der Waals surface area contributed by atoms with Gasteiger partial charge in [0.15, 0.2) is 0 Å². The van der Waals surface area contributed by atoms with Crippen molar-refractivity contribution in [2.24, 2.45) is 0 Å². The van der Waals surface area contributed by atoms with Crippen LogP contribution >= 0.6 is 11.3 Å². The minimum Gasteiger partial charge on any atom is -0.321 e. The van der Waals surface area contributed by atoms with Crippen molar-refractivity contribution in [3.8, 4) is 0 Å². The third kappa shape index (κ3) is 4.30. The van der Waals surface area contributed by atoms with Crippen LogP contribution in [0.3, 0.4) is 0 Å². The predicted molar refractivity (Wildman–Crippen MR) is 122 cm³/mol. The molecule has 0 spiro atoms. The third-order valence-corrected chi connectivity index (χ3v) is 6.36. The molecule has 158 valence electrons. The Hall–Kier alpha value is -3.25. The molecule has 2 aromatic carbocycles. The van der Waals surface area contributed by atoms with E-state index in [1.165, 1.54) is 21.1 Å². The zero-order chi connectivity index (χ0) is 22.0. The summed E-state index contributed by atoms with van der Waals surface area (Å²) in [5.41, 5.74) is 2.59. The number of thiophene rings is 1. The second-order valence-electron chi connectivity index (χ2n) is 7.93. The van der Waals surface area contributed by atoms with Crippen molar-refractivity contribution in [2.75, 3.05) is 4.90 Å². The van der Waals surface area contributed by atoms with E-state index in [4.69, 9.17) is 0 Å². The Morgan fingerprint density at radius 1 is 1.03 bits per heavy atom. The Bertz CT molecular complexity index is 1080. The Labute approximate surface area is 185 Å². The smallest absolute Gasteiger partial charge is 0.264 e. The Morgan fingerprint density at radius 2 is 1.74 bits per heavy atom. The van der Waals surface area contributed by atoms with Crippen molar-refractivity contribution in [3.05, 3.63) is 88.1 Å². The highest BCUT2D eigenvalue weighted by Gasteiger charge is 2.44. The first kappa shape index (κ1) is 21.0. The molecule has 3 amide bonds. The van der Waals surface area contributed by atoms with Gasteiger partial charge in [-0.2, -0.15) is 0 Å². The van der Waals surface area contributed by atoms with E-state index in [1.54, 1.807) is 18.2 Å². The molecule has 0 bridgehead atoms. The molecule has 0 radical (unpaired) electrons. The van der Waals surface area contributed by atoms with Crippen LogP contribution in [0.25, 0.3) is 0 Å². The lowest BCUT2D eigenvalue weighted by molar-refractivity contribution is -0.122. The maximum Gasteiger partial charge on any atom is 0.264 e. The summed E-state index contributed by atoms with van der Waals surface area (Å²) in [6.07, 6.45) is -0.0191. The number of amides is 3. The van der Waals surface area contributed by atoms with Crippen LogP contribution in [-0.2, 0) is 16.1 Å². The molecule has 1 unspecified atom stereocenters. The van der Waals surface area contributed by atoms with E-state index >= 15 is 0 Å². The number of hydrogen-bond donors (Lipinski definition) is 0. The van der Waals surface area contributed by atoms with Gasteiger partial charge in [-0.05, 0) is 40.6 Å². The van der Waals surface area contributed by atoms with Crippen LogP contribution in [0.15, 0.2) is 72.1 Å². The van der Waals surface area contributed by atoms with Crippen LogP contribution in [0.1, 0.15) is 47.0 Å². The van der Waals surface area contributed by atoms with Crippen LogP contribution in [0, 0.1) is 0 Å². The van der Waals surface area contributed by atoms with Crippen LogP contribution in [0.2, 0.25) is 0 Å². The summed E-state index contributed by atoms with van der Waals surface area (Å²) in [4.78, 5) is 42.8. The number of carbonyl (C=O) groups excluding carboxylic acids is 3. The molecular formula is C25H24N2O3S. The maximum atomic E-state index is 13.4. The molecule has 1 atom stereocenters. The number of imide groups is 1. The van der Waals surface area contributed by atoms with E-state index in [0.29, 0.717) is 16.5 Å². The average Bonchev–Trinajstić information content (AvgIpc) is 3.41. The van der Waals surface area contributed by atoms with E-state index in [2.05, 4.69) is 13.8 Å². The van der Waals surface area contributed by atoms with Crippen LogP contribution in [0.4, 0.5) is 5.69 Å². The lowest BCUT2D eigenvalue weighted by Gasteiger charge is -2.27. The highest BCUT2D eigenvalue weighted by atomic mass is 32.1. The largest absolute Gasteiger partial charge is 0.321 e. The van der Waals surface area contributed by atoms with Crippen molar-refractivity contribution < 1.29 is 14.4 Å². The summed E-state index contributed by atoms with van der Waals surface area (Å²) in [6.45, 7) is 4.45. The first-order valence-corrected chi connectivity index (χ1v) is 11.2. The molecule has 1 aliphatic heterocycles. The van der Waals surface area contributed by atoms with Gasteiger partial charge < -0.3 is 4.90 Å². The number of benzene rings is 2. The maximum absolute atomic E-state index is 13.4. The fourth-order valence-corrected chi connectivity index (χ4v) is 4.46. The number of rotatable bonds is 6. The summed E-state index contributed by atoms with van der Waals surface area (Å²) in [5, 5.41) is 1.83. The summed E-state index contributed by atoms with van der Waals surface area (Å²) in [5.74, 6) is -0.522. The highest BCUT2D eigenvalue weighted by Crippen LogP contribution is 2.29. The topological polar surface area (TPSA) is 57.7 Å². The van der Waals surface area contributed by atoms with E-state index in [-0.39, 0.29) is 30.7 Å². The molecular weight excluding hydrogens is 408 g/mol. The van der Waals surface area contributed by atoms with Gasteiger partial charge >= 0.3 is 0 Å². The third-order valence-electron chi connectivity index (χ3n) is 5.51. The molecule has 1 aliphatic rings. The zero-order valence-electron chi connectivity index (χ0n) is 17.5. The SMILES string of the molecule is CC(C)c1ccc(N2C(=O)CC(N(Cc3ccccc3)C(=O)c3cccs3)C2=O)cc1. The molecule has 4 rings (SSSR count). The number of carbonyl (C=O) groups is 3. The lowest BCUT2D eigenvalue weighted by Crippen LogP contribution is -2.44. The Balaban J connectivity index is 1.64. The fourth-order valence-electron chi connectivity index (χ4n) is 3.78. The van der Waals surface area contributed by atoms with Crippen LogP contribution in [-0.4, -0.2) is 28.7 Å². The van der Waals surface area contributed by atoms with Gasteiger partial charge in [0.05, 0.1) is 17.0 Å². The van der Waals surface area contributed by atoms with Gasteiger partial charge in [-0.3, -0.25) is 14.4 Å². The van der Waals surface area contributed by atoms with Gasteiger partial charge in [-0.1, -0.05) is 62.4 Å². The summed E-state index contributed by atoms with van der Waals surface area (Å²) in [6, 6.07) is 19.7. The average molecular weight is 433 g/mol. The monoisotopic (exact) mass is 432 g/mol. The van der Waals surface area contributed by atoms with E-state index < -0.39 is 6.04 Å². The van der Waals surface area contributed by atoms with Crippen LogP contribution < -0.4 is 4.90 Å². The fraction of sp³-hybridized carbons (Fsp3) is 0.240. The van der Waals surface area contributed by atoms with Crippen molar-refractivity contribution in [3.63, 3.8) is 0 Å². The molecule has 1 aromatic heterocycles. The van der Waals surface area contributed by atoms with E-state index in [1.807, 2.05) is 53.9 Å². The number of hydrogen-bond acceptors (Lipinski definition) is 4. The van der Waals surface area contributed by atoms with Crippen molar-refractivity contribution in [2.45, 2.75) is 38.8 Å². The van der Waals surface area contributed by atoms with E-state index in [9.17, 15) is 14.4 Å². The van der Waals surface area contributed by atoms with Gasteiger partial charge in [0, 0.05) is 6.54 Å². The Morgan fingerprint density at radius 3 is 2.35 bits per heavy atom. The van der Waals surface area contributed by atoms with Gasteiger partial charge in [0.25, 0.3) is 11.8 Å². The molecule has 1 fully saturated rings. The van der Waals surface area contributed by atoms with Gasteiger partial charge in [0.2, 0.25) is 5.91 Å². The lowest BCUT2D eigenvalue weighted by atomic mass is 10.0. The second kappa shape index (κ2) is 8.86. The number of anilines is 1. The minimum atomic E-state index is -0.827. The summed E-state index contributed by atoms with van der Waals surface area (Å²) in [7, 11) is 0. The molecule has 3 aromatic rings. The number of nitrogens with zero attached hydrogens (tertiary/aromatic N) is 2. The molecule has 0 aliphatic carbocycles. The molecule has 0 saturated carbocycles. The van der Waals surface area contributed by atoms with Crippen molar-refractivity contribution in [1.29, 1.82) is 0 Å². The van der Waals surface area contributed by atoms with Crippen molar-refractivity contribution in [1.82, 2.24) is 4.90 Å². The van der Waals surface area contributed by atoms with Gasteiger partial charge in [-0.15, -0.1) is 11.3 Å². The quantitative estimate of drug-likeness (QED) is 0.524. The molecule has 1 saturated heterocycles. The van der Waals surface area contributed by atoms with Crippen LogP contribution in [0.5, 0.6) is 0 Å². The molecule has 31 heavy (non-hydrogen) atoms. The predicted octanol–water partition coefficient (Wildman–Crippen LogP) is 4.85. The van der Waals surface area contributed by atoms with Crippen molar-refractivity contribution >= 4 is 34.7 Å². The summed E-state index contributed by atoms with van der Waals surface area (Å²) < 4.78 is 0. The van der Waals surface area contributed by atoms with E-state index in [0.717, 1.165) is 11.1 Å². The summed E-state index contributed by atoms with van der Waals surface area (Å²) >= 11 is 1.33. The first-order valence-electron chi connectivity index (χ1n) is 10.3. The molecule has 0 N–H and O–H groups in total. The Kier molecular flexibility index (Phi) is 6.00. The molecule has 2 heterocycles. The second-order valence-corrected chi connectivity index (χ2v) is 8.88. The molecule has 5 nitrogen and oxygen atoms in total. The normalized spacial score (nSPS) is 16.2. The molecule has 6 heteroatoms. The highest BCUT2D eigenvalue weighted by molar-refractivity contribution is 7.12. The van der Waals surface area contributed by atoms with Gasteiger partial charge in [-0.25, -0.2) is 4.90 Å². The van der Waals surface area contributed by atoms with Gasteiger partial charge in [0.1, 0.15) is 6.04 Å².